The Kier molecular flexibility index (Phi) is 51.1. The average Bonchev–Trinajstić information content (AvgIpc) is 1.62. The molecule has 0 spiro atoms. The summed E-state index contributed by atoms with van der Waals surface area (Å²) >= 11 is 0. The van der Waals surface area contributed by atoms with E-state index < -0.39 is 213 Å². The van der Waals surface area contributed by atoms with E-state index in [0.717, 1.165) is 60.2 Å². The van der Waals surface area contributed by atoms with Gasteiger partial charge in [0.15, 0.2) is 11.7 Å². The molecule has 2 aliphatic rings. The Morgan fingerprint density at radius 2 is 1.24 bits per heavy atom. The van der Waals surface area contributed by atoms with E-state index in [9.17, 15) is 67.7 Å². The van der Waals surface area contributed by atoms with Gasteiger partial charge in [-0.3, -0.25) is 82.1 Å². The van der Waals surface area contributed by atoms with E-state index in [1.54, 1.807) is 63.6 Å². The van der Waals surface area contributed by atoms with Crippen molar-refractivity contribution >= 4 is 111 Å². The first kappa shape index (κ1) is 113. The molecule has 2 fully saturated rings. The molecular weight excluding hydrogens is 1800 g/mol. The van der Waals surface area contributed by atoms with E-state index in [-0.39, 0.29) is 134 Å². The number of aliphatic hydroxyl groups is 2. The fourth-order valence-corrected chi connectivity index (χ4v) is 16.1. The molecule has 0 aliphatic carbocycles. The summed E-state index contributed by atoms with van der Waals surface area (Å²) in [6.07, 6.45) is 17.6. The number of H-pyrrole nitrogens is 3. The number of nitrogens with zero attached hydrogens (tertiary/aromatic N) is 6. The second kappa shape index (κ2) is 62.8. The minimum absolute atomic E-state index is 0.00723. The number of aliphatic hydroxyl groups excluding tert-OH is 2. The van der Waals surface area contributed by atoms with Crippen LogP contribution in [0.1, 0.15) is 210 Å². The molecule has 24 N–H and O–H groups in total. The van der Waals surface area contributed by atoms with Crippen LogP contribution in [-0.2, 0) is 112 Å². The molecule has 139 heavy (non-hydrogen) atoms. The minimum Gasteiger partial charge on any atom is -0.394 e. The third-order valence-electron chi connectivity index (χ3n) is 23.7. The molecule has 3 aromatic heterocycles. The van der Waals surface area contributed by atoms with Crippen molar-refractivity contribution < 1.29 is 96.4 Å². The van der Waals surface area contributed by atoms with Gasteiger partial charge in [-0.1, -0.05) is 139 Å². The topological polar surface area (TPSA) is 682 Å². The molecule has 0 radical (unpaired) electrons. The fraction of sp³-hybridized carbons (Fsp3) is 0.624. The second-order valence-corrected chi connectivity index (χ2v) is 35.4. The van der Waals surface area contributed by atoms with Crippen molar-refractivity contribution in [1.29, 1.82) is 5.41 Å². The van der Waals surface area contributed by atoms with E-state index in [2.05, 4.69) is 110 Å². The van der Waals surface area contributed by atoms with Gasteiger partial charge in [0.25, 0.3) is 0 Å². The third kappa shape index (κ3) is 42.9. The maximum atomic E-state index is 15.4. The van der Waals surface area contributed by atoms with Crippen LogP contribution in [0.25, 0.3) is 10.9 Å². The number of aryl methyl sites for hydroxylation is 1. The number of benzene rings is 2. The number of aromatic amines is 3. The first-order chi connectivity index (χ1) is 66.9. The highest BCUT2D eigenvalue weighted by atomic mass is 16.5. The number of hydrogen-bond donors (Lipinski definition) is 22. The number of primary amides is 1. The average molecular weight is 1950 g/mol. The normalized spacial score (nSPS) is 18.7. The number of aromatic nitrogens is 7. The maximum Gasteiger partial charge on any atom is 0.246 e. The zero-order valence-corrected chi connectivity index (χ0v) is 80.1. The van der Waals surface area contributed by atoms with Crippen LogP contribution in [0.3, 0.4) is 0 Å². The number of carbonyl (C=O) groups is 16. The SMILES string of the molecule is CCCC[C@H](NC(=O)[C@H](CN(C)C)NC(=O)[C@H](Cc1c[nH]cn1)NC(=O)[C@H](CCC(N)=O)NC(=O)[C@H](CO)NC(=O)CNC(=O)COCCOCCNC(=O)CCCCCCCCCCCCCCCc1nnn[nH]1)C(=O)N[C@H]1CCC(=O)NCCCC[C@@H](C(C)=O)NC(=O)[C@H](Cc2c[nH]c3ccccc23)NC(=O)[C@H](CCCNC(=N)N)NC(=O)[C@@H](Cc2ccccc2)NC(=O)[C@@H]2C[C@@H](O)CN2C1=O. The van der Waals surface area contributed by atoms with E-state index in [0.29, 0.717) is 24.0 Å². The van der Waals surface area contributed by atoms with Crippen molar-refractivity contribution in [3.8, 4) is 0 Å². The standard InChI is InChI=1S/C93H144N26O20/c1-5-6-31-67(83(128)109-70-38-40-80(125)98-41-26-25-32-65(59(2)121)105-87(132)72(48-61-51-101-66-33-24-23-30-64(61)66)110-84(129)68(34-27-42-100-93(95)96)106-86(131)71(47-60-28-19-18-20-29-60)112-91(136)76-50-63(122)54-119(76)92(70)137)107-89(134)74(55-118(3)4)113-88(133)73(49-62-52-97-58-103-62)111-85(130)69(37-39-77(94)123)108-90(135)75(56-120)104-81(126)53-102-82(127)57-139-46-45-138-44-43-99-79(124)36-22-17-15-13-11-9-7-8-10-12-14-16-21-35-78-114-116-117-115-78/h18-20,23-24,28-30,33,51-52,58,63,65,67-76,101,120,122H,5-17,21-22,25-27,31-32,34-50,53-57H2,1-4H3,(H2,94,123)(H,97,103)(H,98,125)(H,99,124)(H,102,127)(H,104,126)(H,105,132)(H,106,131)(H,107,134)(H,108,135)(H,109,128)(H,110,129)(H,111,130)(H,112,136)(H,113,133)(H4,95,96,100)(H,114,115,116,117)/t63-,65+,67+,68+,69+,70+,71-,72+,73+,74+,75+,76+/m1/s1. The van der Waals surface area contributed by atoms with Crippen LogP contribution in [0, 0.1) is 5.41 Å². The van der Waals surface area contributed by atoms with Crippen LogP contribution in [0.2, 0.25) is 0 Å². The molecule has 2 saturated heterocycles. The lowest BCUT2D eigenvalue weighted by Crippen LogP contribution is -2.62. The summed E-state index contributed by atoms with van der Waals surface area (Å²) in [4.78, 5) is 239. The number of Topliss-reactive ketones (excluding diaryl/α,β-unsaturated/α-hetero) is 1. The van der Waals surface area contributed by atoms with Crippen molar-refractivity contribution in [3.63, 3.8) is 0 Å². The molecule has 0 saturated carbocycles. The predicted octanol–water partition coefficient (Wildman–Crippen LogP) is -1.85. The summed E-state index contributed by atoms with van der Waals surface area (Å²) in [6, 6.07) is -1.01. The maximum absolute atomic E-state index is 15.4. The predicted molar refractivity (Wildman–Crippen MR) is 510 cm³/mol. The molecule has 46 heteroatoms. The highest BCUT2D eigenvalue weighted by Crippen LogP contribution is 2.24. The number of guanidine groups is 1. The molecule has 15 amide bonds. The molecule has 0 unspecified atom stereocenters. The highest BCUT2D eigenvalue weighted by molar-refractivity contribution is 6.01. The van der Waals surface area contributed by atoms with Crippen LogP contribution < -0.4 is 85.9 Å². The monoisotopic (exact) mass is 1950 g/mol. The molecule has 5 heterocycles. The van der Waals surface area contributed by atoms with Crippen LogP contribution in [0.5, 0.6) is 0 Å². The lowest BCUT2D eigenvalue weighted by Gasteiger charge is -2.31. The summed E-state index contributed by atoms with van der Waals surface area (Å²) in [5, 5.41) is 81.2. The lowest BCUT2D eigenvalue weighted by molar-refractivity contribution is -0.143. The van der Waals surface area contributed by atoms with Gasteiger partial charge in [-0.15, -0.1) is 5.10 Å². The number of imidazole rings is 1. The first-order valence-corrected chi connectivity index (χ1v) is 48.3. The molecule has 7 rings (SSSR count). The van der Waals surface area contributed by atoms with Crippen molar-refractivity contribution in [1.82, 2.24) is 120 Å². The number of unbranched alkanes of at least 4 members (excludes halogenated alkanes) is 13. The van der Waals surface area contributed by atoms with Gasteiger partial charge >= 0.3 is 0 Å². The van der Waals surface area contributed by atoms with E-state index in [1.165, 1.54) is 75.7 Å². The van der Waals surface area contributed by atoms with Crippen molar-refractivity contribution in [2.24, 2.45) is 11.5 Å². The Balaban J connectivity index is 0.967. The number of carbonyl (C=O) groups excluding carboxylic acids is 16. The van der Waals surface area contributed by atoms with Gasteiger partial charge in [0.05, 0.1) is 57.1 Å². The van der Waals surface area contributed by atoms with Crippen molar-refractivity contribution in [3.05, 3.63) is 96.0 Å². The zero-order chi connectivity index (χ0) is 101. The number of amides is 15. The van der Waals surface area contributed by atoms with Crippen LogP contribution in [-0.4, -0.2) is 315 Å². The summed E-state index contributed by atoms with van der Waals surface area (Å²) in [7, 11) is 3.14. The molecule has 12 atom stereocenters. The largest absolute Gasteiger partial charge is 0.394 e. The van der Waals surface area contributed by atoms with Gasteiger partial charge in [0.2, 0.25) is 88.6 Å². The molecule has 766 valence electrons. The molecular formula is C93H144N26O20. The zero-order valence-electron chi connectivity index (χ0n) is 80.1. The second-order valence-electron chi connectivity index (χ2n) is 35.4. The highest BCUT2D eigenvalue weighted by Gasteiger charge is 2.44. The Bertz CT molecular complexity index is 4720. The molecule has 0 bridgehead atoms. The number of hydrogen-bond acceptors (Lipinski definition) is 26. The number of ketones is 1. The van der Waals surface area contributed by atoms with E-state index in [4.69, 9.17) is 26.4 Å². The molecule has 2 aromatic carbocycles. The van der Waals surface area contributed by atoms with Gasteiger partial charge in [0.1, 0.15) is 72.8 Å². The number of tetrazole rings is 1. The Labute approximate surface area is 808 Å². The van der Waals surface area contributed by atoms with Crippen molar-refractivity contribution in [2.45, 2.75) is 285 Å². The van der Waals surface area contributed by atoms with Gasteiger partial charge in [-0.25, -0.2) is 10.1 Å². The minimum atomic E-state index is -1.75. The number of nitrogens with one attached hydrogen (secondary N) is 18. The lowest BCUT2D eigenvalue weighted by atomic mass is 10.0. The number of nitrogens with two attached hydrogens (primary N) is 2. The summed E-state index contributed by atoms with van der Waals surface area (Å²) in [5.41, 5.74) is 13.2. The van der Waals surface area contributed by atoms with Crippen LogP contribution >= 0.6 is 0 Å². The number of ether oxygens (including phenoxy) is 2. The summed E-state index contributed by atoms with van der Waals surface area (Å²) in [5.74, 6) is -12.8. The molecule has 5 aromatic rings. The number of rotatable bonds is 57. The van der Waals surface area contributed by atoms with Gasteiger partial charge < -0.3 is 125 Å². The fourth-order valence-electron chi connectivity index (χ4n) is 16.1. The van der Waals surface area contributed by atoms with Crippen LogP contribution in [0.15, 0.2) is 73.3 Å². The smallest absolute Gasteiger partial charge is 0.246 e. The first-order valence-electron chi connectivity index (χ1n) is 48.3. The van der Waals surface area contributed by atoms with E-state index in [1.807, 2.05) is 18.2 Å². The van der Waals surface area contributed by atoms with Crippen molar-refractivity contribution in [2.75, 3.05) is 86.4 Å². The van der Waals surface area contributed by atoms with Gasteiger partial charge in [-0.05, 0) is 113 Å². The van der Waals surface area contributed by atoms with Gasteiger partial charge in [-0.2, -0.15) is 0 Å². The number of para-hydroxylation sites is 1. The van der Waals surface area contributed by atoms with Gasteiger partial charge in [0, 0.05) is 107 Å². The Morgan fingerprint density at radius 3 is 1.91 bits per heavy atom. The summed E-state index contributed by atoms with van der Waals surface area (Å²) in [6.45, 7) is 0.796. The molecule has 46 nitrogen and oxygen atoms in total. The Hall–Kier alpha value is -13.0. The number of fused-ring (bicyclic) bond motifs is 2. The molecule has 2 aliphatic heterocycles. The summed E-state index contributed by atoms with van der Waals surface area (Å²) < 4.78 is 10.9. The Morgan fingerprint density at radius 1 is 0.619 bits per heavy atom. The van der Waals surface area contributed by atoms with E-state index >= 15 is 19.2 Å². The quantitative estimate of drug-likeness (QED) is 0.0115. The third-order valence-corrected chi connectivity index (χ3v) is 23.7. The van der Waals surface area contributed by atoms with Crippen LogP contribution in [0.4, 0.5) is 0 Å². The number of likely N-dealkylation sites (N-methyl/N-ethyl adjacent to an activating group) is 1.